The number of nitrogens with zero attached hydrogens (tertiary/aromatic N) is 1. The molecule has 0 heterocycles. The fourth-order valence-corrected chi connectivity index (χ4v) is 2.16. The molecule has 0 atom stereocenters. The number of hydrogen-bond acceptors (Lipinski definition) is 2. The van der Waals surface area contributed by atoms with Gasteiger partial charge in [-0.25, -0.2) is 4.39 Å². The number of thiol groups is 1. The van der Waals surface area contributed by atoms with Gasteiger partial charge in [0.2, 0.25) is 5.91 Å². The van der Waals surface area contributed by atoms with Crippen LogP contribution >= 0.6 is 12.6 Å². The van der Waals surface area contributed by atoms with Crippen molar-refractivity contribution in [3.63, 3.8) is 0 Å². The van der Waals surface area contributed by atoms with Gasteiger partial charge in [-0.05, 0) is 48.9 Å². The minimum atomic E-state index is -0.304. The highest BCUT2D eigenvalue weighted by atomic mass is 32.1. The third-order valence-electron chi connectivity index (χ3n) is 3.05. The van der Waals surface area contributed by atoms with Crippen LogP contribution in [0.2, 0.25) is 0 Å². The molecule has 2 rings (SSSR count). The summed E-state index contributed by atoms with van der Waals surface area (Å²) in [5, 5.41) is 0. The fourth-order valence-electron chi connectivity index (χ4n) is 2.01. The SMILES string of the molecule is CCN(C(=O)Cc1ccc(S)cc1)c1ccc(F)cc1. The molecule has 0 unspecified atom stereocenters. The summed E-state index contributed by atoms with van der Waals surface area (Å²) in [5.74, 6) is -0.312. The zero-order chi connectivity index (χ0) is 14.5. The van der Waals surface area contributed by atoms with E-state index in [0.717, 1.165) is 10.5 Å². The van der Waals surface area contributed by atoms with Crippen molar-refractivity contribution in [2.75, 3.05) is 11.4 Å². The maximum atomic E-state index is 12.9. The molecule has 0 aliphatic carbocycles. The zero-order valence-electron chi connectivity index (χ0n) is 11.2. The highest BCUT2D eigenvalue weighted by Gasteiger charge is 2.14. The van der Waals surface area contributed by atoms with Gasteiger partial charge in [0.1, 0.15) is 5.82 Å². The van der Waals surface area contributed by atoms with E-state index < -0.39 is 0 Å². The van der Waals surface area contributed by atoms with Gasteiger partial charge in [-0.15, -0.1) is 12.6 Å². The summed E-state index contributed by atoms with van der Waals surface area (Å²) in [4.78, 5) is 14.8. The van der Waals surface area contributed by atoms with Crippen molar-refractivity contribution >= 4 is 24.2 Å². The van der Waals surface area contributed by atoms with E-state index in [9.17, 15) is 9.18 Å². The van der Waals surface area contributed by atoms with Crippen LogP contribution in [0, 0.1) is 5.82 Å². The van der Waals surface area contributed by atoms with Gasteiger partial charge in [0.15, 0.2) is 0 Å². The molecule has 1 amide bonds. The van der Waals surface area contributed by atoms with Gasteiger partial charge in [0, 0.05) is 17.1 Å². The quantitative estimate of drug-likeness (QED) is 0.851. The summed E-state index contributed by atoms with van der Waals surface area (Å²) in [7, 11) is 0. The highest BCUT2D eigenvalue weighted by molar-refractivity contribution is 7.80. The van der Waals surface area contributed by atoms with Crippen molar-refractivity contribution in [2.45, 2.75) is 18.2 Å². The van der Waals surface area contributed by atoms with Crippen LogP contribution in [-0.4, -0.2) is 12.5 Å². The number of halogens is 1. The first kappa shape index (κ1) is 14.6. The van der Waals surface area contributed by atoms with Gasteiger partial charge in [-0.1, -0.05) is 12.1 Å². The molecule has 0 aromatic heterocycles. The van der Waals surface area contributed by atoms with Crippen LogP contribution in [0.25, 0.3) is 0 Å². The molecule has 0 bridgehead atoms. The van der Waals surface area contributed by atoms with E-state index in [0.29, 0.717) is 18.7 Å². The molecule has 2 aromatic carbocycles. The van der Waals surface area contributed by atoms with Crippen LogP contribution < -0.4 is 4.90 Å². The zero-order valence-corrected chi connectivity index (χ0v) is 12.1. The van der Waals surface area contributed by atoms with E-state index in [1.54, 1.807) is 17.0 Å². The number of likely N-dealkylation sites (N-methyl/N-ethyl adjacent to an activating group) is 1. The molecule has 2 nitrogen and oxygen atoms in total. The Kier molecular flexibility index (Phi) is 4.79. The second-order valence-corrected chi connectivity index (χ2v) is 4.97. The molecule has 0 radical (unpaired) electrons. The smallest absolute Gasteiger partial charge is 0.231 e. The molecule has 104 valence electrons. The van der Waals surface area contributed by atoms with Crippen molar-refractivity contribution in [1.82, 2.24) is 0 Å². The van der Waals surface area contributed by atoms with Gasteiger partial charge < -0.3 is 4.90 Å². The second-order valence-electron chi connectivity index (χ2n) is 4.46. The molecule has 0 saturated carbocycles. The summed E-state index contributed by atoms with van der Waals surface area (Å²) in [6.45, 7) is 2.45. The molecule has 0 aliphatic heterocycles. The fraction of sp³-hybridized carbons (Fsp3) is 0.188. The standard InChI is InChI=1S/C16H16FNOS/c1-2-18(14-7-5-13(17)6-8-14)16(19)11-12-3-9-15(20)10-4-12/h3-10,20H,2,11H2,1H3. The van der Waals surface area contributed by atoms with E-state index in [2.05, 4.69) is 12.6 Å². The molecule has 4 heteroatoms. The first-order valence-corrected chi connectivity index (χ1v) is 6.88. The Bertz CT molecular complexity index is 580. The number of amides is 1. The molecular formula is C16H16FNOS. The highest BCUT2D eigenvalue weighted by Crippen LogP contribution is 2.17. The lowest BCUT2D eigenvalue weighted by molar-refractivity contribution is -0.117. The number of carbonyl (C=O) groups is 1. The van der Waals surface area contributed by atoms with Gasteiger partial charge in [0.05, 0.1) is 6.42 Å². The molecule has 0 aliphatic rings. The van der Waals surface area contributed by atoms with Crippen LogP contribution in [-0.2, 0) is 11.2 Å². The maximum Gasteiger partial charge on any atom is 0.231 e. The Morgan fingerprint density at radius 2 is 1.70 bits per heavy atom. The predicted octanol–water partition coefficient (Wildman–Crippen LogP) is 3.71. The molecule has 0 fully saturated rings. The number of carbonyl (C=O) groups excluding carboxylic acids is 1. The number of anilines is 1. The molecule has 0 N–H and O–H groups in total. The summed E-state index contributed by atoms with van der Waals surface area (Å²) in [5.41, 5.74) is 1.65. The lowest BCUT2D eigenvalue weighted by Gasteiger charge is -2.21. The number of hydrogen-bond donors (Lipinski definition) is 1. The normalized spacial score (nSPS) is 10.3. The minimum Gasteiger partial charge on any atom is -0.312 e. The lowest BCUT2D eigenvalue weighted by Crippen LogP contribution is -2.31. The molecule has 0 saturated heterocycles. The molecule has 2 aromatic rings. The van der Waals surface area contributed by atoms with E-state index in [1.165, 1.54) is 12.1 Å². The summed E-state index contributed by atoms with van der Waals surface area (Å²) in [6, 6.07) is 13.5. The monoisotopic (exact) mass is 289 g/mol. The molecule has 20 heavy (non-hydrogen) atoms. The van der Waals surface area contributed by atoms with Gasteiger partial charge in [0.25, 0.3) is 0 Å². The average Bonchev–Trinajstić information content (AvgIpc) is 2.44. The Morgan fingerprint density at radius 1 is 1.10 bits per heavy atom. The van der Waals surface area contributed by atoms with Crippen molar-refractivity contribution in [3.8, 4) is 0 Å². The molecular weight excluding hydrogens is 273 g/mol. The van der Waals surface area contributed by atoms with Crippen LogP contribution in [0.15, 0.2) is 53.4 Å². The van der Waals surface area contributed by atoms with E-state index >= 15 is 0 Å². The van der Waals surface area contributed by atoms with Gasteiger partial charge in [-0.2, -0.15) is 0 Å². The number of rotatable bonds is 4. The van der Waals surface area contributed by atoms with Crippen LogP contribution in [0.4, 0.5) is 10.1 Å². The second kappa shape index (κ2) is 6.57. The van der Waals surface area contributed by atoms with Crippen molar-refractivity contribution in [3.05, 3.63) is 59.9 Å². The summed E-state index contributed by atoms with van der Waals surface area (Å²) >= 11 is 4.22. The minimum absolute atomic E-state index is 0.00831. The lowest BCUT2D eigenvalue weighted by atomic mass is 10.1. The Hall–Kier alpha value is -1.81. The Balaban J connectivity index is 2.13. The van der Waals surface area contributed by atoms with Crippen molar-refractivity contribution in [2.24, 2.45) is 0 Å². The maximum absolute atomic E-state index is 12.9. The largest absolute Gasteiger partial charge is 0.312 e. The van der Waals surface area contributed by atoms with E-state index in [1.807, 2.05) is 31.2 Å². The summed E-state index contributed by atoms with van der Waals surface area (Å²) in [6.07, 6.45) is 0.319. The Morgan fingerprint density at radius 3 is 2.25 bits per heavy atom. The number of benzene rings is 2. The van der Waals surface area contributed by atoms with E-state index in [4.69, 9.17) is 0 Å². The third kappa shape index (κ3) is 3.61. The van der Waals surface area contributed by atoms with Crippen molar-refractivity contribution in [1.29, 1.82) is 0 Å². The molecule has 0 spiro atoms. The van der Waals surface area contributed by atoms with Crippen LogP contribution in [0.3, 0.4) is 0 Å². The topological polar surface area (TPSA) is 20.3 Å². The predicted molar refractivity (Wildman–Crippen MR) is 81.8 cm³/mol. The van der Waals surface area contributed by atoms with E-state index in [-0.39, 0.29) is 11.7 Å². The van der Waals surface area contributed by atoms with Crippen molar-refractivity contribution < 1.29 is 9.18 Å². The van der Waals surface area contributed by atoms with Gasteiger partial charge >= 0.3 is 0 Å². The average molecular weight is 289 g/mol. The van der Waals surface area contributed by atoms with Crippen LogP contribution in [0.1, 0.15) is 12.5 Å². The summed E-state index contributed by atoms with van der Waals surface area (Å²) < 4.78 is 12.9. The first-order chi connectivity index (χ1) is 9.60. The first-order valence-electron chi connectivity index (χ1n) is 6.44. The third-order valence-corrected chi connectivity index (χ3v) is 3.35. The Labute approximate surface area is 123 Å². The van der Waals surface area contributed by atoms with Crippen LogP contribution in [0.5, 0.6) is 0 Å². The van der Waals surface area contributed by atoms with Gasteiger partial charge in [-0.3, -0.25) is 4.79 Å².